The maximum atomic E-state index is 14.1. The summed E-state index contributed by atoms with van der Waals surface area (Å²) in [5.41, 5.74) is 1.47. The quantitative estimate of drug-likeness (QED) is 0.328. The maximum Gasteiger partial charge on any atom is 0.400 e. The van der Waals surface area contributed by atoms with Crippen molar-refractivity contribution in [3.8, 4) is 23.0 Å². The van der Waals surface area contributed by atoms with Crippen LogP contribution in [0.5, 0.6) is 11.8 Å². The second kappa shape index (κ2) is 8.21. The summed E-state index contributed by atoms with van der Waals surface area (Å²) >= 11 is 0. The summed E-state index contributed by atoms with van der Waals surface area (Å²) in [6.45, 7) is 0. The van der Waals surface area contributed by atoms with Crippen LogP contribution in [0.3, 0.4) is 0 Å². The molecule has 1 aliphatic rings. The van der Waals surface area contributed by atoms with E-state index in [-0.39, 0.29) is 28.6 Å². The highest BCUT2D eigenvalue weighted by molar-refractivity contribution is 6.06. The maximum absolute atomic E-state index is 14.1. The van der Waals surface area contributed by atoms with E-state index in [2.05, 4.69) is 30.0 Å². The smallest absolute Gasteiger partial charge is 0.400 e. The number of alkyl halides is 1. The topological polar surface area (TPSA) is 131 Å². The number of nitrogens with one attached hydrogen (secondary N) is 2. The molecule has 172 valence electrons. The molecule has 10 nitrogen and oxygen atoms in total. The van der Waals surface area contributed by atoms with Gasteiger partial charge in [0.2, 0.25) is 17.6 Å². The first-order chi connectivity index (χ1) is 16.4. The molecule has 0 radical (unpaired) electrons. The fourth-order valence-corrected chi connectivity index (χ4v) is 3.43. The van der Waals surface area contributed by atoms with Gasteiger partial charge in [0.15, 0.2) is 5.43 Å². The van der Waals surface area contributed by atoms with Gasteiger partial charge in [-0.3, -0.25) is 9.59 Å². The first-order valence-corrected chi connectivity index (χ1v) is 10.0. The first-order valence-electron chi connectivity index (χ1n) is 10.0. The number of amides is 1. The van der Waals surface area contributed by atoms with Gasteiger partial charge in [-0.25, -0.2) is 0 Å². The number of rotatable bonds is 6. The van der Waals surface area contributed by atoms with Crippen LogP contribution in [0.2, 0.25) is 0 Å². The molecule has 5 rings (SSSR count). The third-order valence-electron chi connectivity index (χ3n) is 5.16. The molecule has 2 N–H and O–H groups in total. The van der Waals surface area contributed by atoms with Crippen molar-refractivity contribution in [3.05, 3.63) is 76.2 Å². The molecular formula is C23H17FN4O6. The number of carbonyl (C=O) groups is 1. The number of ether oxygens (including phenoxy) is 2. The van der Waals surface area contributed by atoms with Crippen LogP contribution < -0.4 is 20.2 Å². The van der Waals surface area contributed by atoms with Gasteiger partial charge in [-0.2, -0.15) is 24.1 Å². The number of benzene rings is 2. The Morgan fingerprint density at radius 3 is 2.41 bits per heavy atom. The van der Waals surface area contributed by atoms with Crippen molar-refractivity contribution < 1.29 is 28.4 Å². The van der Waals surface area contributed by atoms with E-state index in [0.29, 0.717) is 27.8 Å². The Bertz CT molecular complexity index is 1460. The molecule has 2 aromatic carbocycles. The number of hydrogen-bond donors (Lipinski definition) is 2. The van der Waals surface area contributed by atoms with Gasteiger partial charge in [0.05, 0.1) is 37.1 Å². The highest BCUT2D eigenvalue weighted by Gasteiger charge is 2.52. The zero-order valence-electron chi connectivity index (χ0n) is 17.9. The lowest BCUT2D eigenvalue weighted by Crippen LogP contribution is -2.17. The second-order valence-electron chi connectivity index (χ2n) is 7.29. The molecule has 0 unspecified atom stereocenters. The van der Waals surface area contributed by atoms with Crippen molar-refractivity contribution in [1.82, 2.24) is 15.0 Å². The van der Waals surface area contributed by atoms with Crippen molar-refractivity contribution in [2.45, 2.75) is 6.04 Å². The Balaban J connectivity index is 1.55. The van der Waals surface area contributed by atoms with Gasteiger partial charge in [-0.05, 0) is 23.8 Å². The summed E-state index contributed by atoms with van der Waals surface area (Å²) in [6.07, 6.45) is 0. The molecule has 3 heterocycles. The van der Waals surface area contributed by atoms with E-state index in [1.807, 2.05) is 0 Å². The minimum Gasteiger partial charge on any atom is -0.481 e. The normalized spacial score (nSPS) is 14.0. The van der Waals surface area contributed by atoms with Gasteiger partial charge >= 0.3 is 6.04 Å². The monoisotopic (exact) mass is 464 g/mol. The SMILES string of the molecule is COc1cc(OC)nc(C(=O)Nc2cccc3c(=O)cc(-c4cccc(C5(F)OO5)c4)[nH]c23)n1. The van der Waals surface area contributed by atoms with Gasteiger partial charge in [0.25, 0.3) is 5.91 Å². The van der Waals surface area contributed by atoms with Gasteiger partial charge in [-0.15, -0.1) is 0 Å². The van der Waals surface area contributed by atoms with Crippen molar-refractivity contribution in [2.24, 2.45) is 0 Å². The van der Waals surface area contributed by atoms with E-state index in [1.54, 1.807) is 30.3 Å². The number of carbonyl (C=O) groups excluding carboxylic acids is 1. The fraction of sp³-hybridized carbons (Fsp3) is 0.130. The predicted octanol–water partition coefficient (Wildman–Crippen LogP) is 3.30. The number of aromatic amines is 1. The number of methoxy groups -OCH3 is 2. The lowest BCUT2D eigenvalue weighted by molar-refractivity contribution is 0.0850. The molecule has 4 aromatic rings. The van der Waals surface area contributed by atoms with Crippen LogP contribution in [-0.4, -0.2) is 35.1 Å². The molecule has 0 atom stereocenters. The number of hydrogen-bond acceptors (Lipinski definition) is 8. The standard InChI is InChI=1S/C23H17FN4O6/c1-31-18-11-19(32-2)28-21(27-18)22(30)26-15-8-4-7-14-17(29)10-16(25-20(14)15)12-5-3-6-13(9-12)23(24)33-34-23/h3-11H,1-2H3,(H,25,29)(H,26,30). The van der Waals surface area contributed by atoms with E-state index in [1.165, 1.54) is 38.5 Å². The largest absolute Gasteiger partial charge is 0.481 e. The van der Waals surface area contributed by atoms with Crippen LogP contribution >= 0.6 is 0 Å². The lowest BCUT2D eigenvalue weighted by atomic mass is 10.1. The molecule has 1 amide bonds. The average Bonchev–Trinajstić information content (AvgIpc) is 3.62. The molecule has 0 bridgehead atoms. The number of halogens is 1. The molecule has 34 heavy (non-hydrogen) atoms. The predicted molar refractivity (Wildman–Crippen MR) is 118 cm³/mol. The van der Waals surface area contributed by atoms with Gasteiger partial charge in [0.1, 0.15) is 0 Å². The summed E-state index contributed by atoms with van der Waals surface area (Å²) in [7, 11) is 2.81. The Labute approximate surface area is 191 Å². The minimum absolute atomic E-state index is 0.150. The third kappa shape index (κ3) is 3.93. The van der Waals surface area contributed by atoms with Crippen LogP contribution in [0.1, 0.15) is 16.2 Å². The molecular weight excluding hydrogens is 447 g/mol. The van der Waals surface area contributed by atoms with Crippen molar-refractivity contribution in [1.29, 1.82) is 0 Å². The highest BCUT2D eigenvalue weighted by Crippen LogP contribution is 2.43. The van der Waals surface area contributed by atoms with Crippen molar-refractivity contribution in [3.63, 3.8) is 0 Å². The summed E-state index contributed by atoms with van der Waals surface area (Å²) in [5.74, 6) is -0.517. The van der Waals surface area contributed by atoms with E-state index in [0.717, 1.165) is 0 Å². The second-order valence-corrected chi connectivity index (χ2v) is 7.29. The number of pyridine rings is 1. The zero-order chi connectivity index (χ0) is 23.9. The van der Waals surface area contributed by atoms with Crippen LogP contribution in [0, 0.1) is 0 Å². The number of anilines is 1. The molecule has 0 saturated carbocycles. The molecule has 11 heteroatoms. The van der Waals surface area contributed by atoms with E-state index >= 15 is 0 Å². The molecule has 1 saturated heterocycles. The number of nitrogens with zero attached hydrogens (tertiary/aromatic N) is 2. The minimum atomic E-state index is -2.29. The van der Waals surface area contributed by atoms with Gasteiger partial charge in [-0.1, -0.05) is 24.3 Å². The van der Waals surface area contributed by atoms with Gasteiger partial charge < -0.3 is 19.8 Å². The summed E-state index contributed by atoms with van der Waals surface area (Å²) in [4.78, 5) is 45.7. The van der Waals surface area contributed by atoms with Crippen molar-refractivity contribution >= 4 is 22.5 Å². The Morgan fingerprint density at radius 2 is 1.74 bits per heavy atom. The van der Waals surface area contributed by atoms with Crippen LogP contribution in [0.15, 0.2) is 59.4 Å². The number of aromatic nitrogens is 3. The van der Waals surface area contributed by atoms with Crippen LogP contribution in [0.25, 0.3) is 22.2 Å². The summed E-state index contributed by atoms with van der Waals surface area (Å²) in [6, 6.07) is 11.7. The van der Waals surface area contributed by atoms with Gasteiger partial charge in [0, 0.05) is 17.1 Å². The first kappa shape index (κ1) is 21.5. The molecule has 0 aliphatic carbocycles. The van der Waals surface area contributed by atoms with Crippen LogP contribution in [0.4, 0.5) is 10.1 Å². The summed E-state index contributed by atoms with van der Waals surface area (Å²) in [5, 5.41) is 3.06. The molecule has 1 aliphatic heterocycles. The fourth-order valence-electron chi connectivity index (χ4n) is 3.43. The number of fused-ring (bicyclic) bond motifs is 1. The van der Waals surface area contributed by atoms with Crippen LogP contribution in [-0.2, 0) is 15.8 Å². The zero-order valence-corrected chi connectivity index (χ0v) is 17.9. The Hall–Kier alpha value is -4.35. The molecule has 2 aromatic heterocycles. The van der Waals surface area contributed by atoms with E-state index < -0.39 is 11.9 Å². The third-order valence-corrected chi connectivity index (χ3v) is 5.16. The molecule has 1 fully saturated rings. The lowest BCUT2D eigenvalue weighted by Gasteiger charge is -2.11. The molecule has 0 spiro atoms. The Morgan fingerprint density at radius 1 is 1.03 bits per heavy atom. The average molecular weight is 464 g/mol. The summed E-state index contributed by atoms with van der Waals surface area (Å²) < 4.78 is 24.3. The van der Waals surface area contributed by atoms with E-state index in [9.17, 15) is 14.0 Å². The number of H-pyrrole nitrogens is 1. The number of para-hydroxylation sites is 1. The Kier molecular flexibility index (Phi) is 5.19. The van der Waals surface area contributed by atoms with Crippen molar-refractivity contribution in [2.75, 3.05) is 19.5 Å². The van der Waals surface area contributed by atoms with E-state index in [4.69, 9.17) is 9.47 Å². The highest BCUT2D eigenvalue weighted by atomic mass is 19.2.